The fourth-order valence-electron chi connectivity index (χ4n) is 6.57. The maximum atomic E-state index is 13.8. The summed E-state index contributed by atoms with van der Waals surface area (Å²) in [6.07, 6.45) is 2.03. The first kappa shape index (κ1) is 28.0. The second-order valence-corrected chi connectivity index (χ2v) is 12.4. The highest BCUT2D eigenvalue weighted by molar-refractivity contribution is 6.22. The molecule has 4 rings (SSSR count). The number of nitrogens with zero attached hydrogens (tertiary/aromatic N) is 1. The average molecular weight is 527 g/mol. The van der Waals surface area contributed by atoms with E-state index >= 15 is 0 Å². The fraction of sp³-hybridized carbons (Fsp3) is 0.552. The molecular formula is C29H38N2O7. The fourth-order valence-corrected chi connectivity index (χ4v) is 6.57. The van der Waals surface area contributed by atoms with Gasteiger partial charge in [-0.1, -0.05) is 39.8 Å². The maximum absolute atomic E-state index is 13.8. The zero-order valence-corrected chi connectivity index (χ0v) is 22.8. The Kier molecular flexibility index (Phi) is 6.87. The Balaban J connectivity index is 1.87. The zero-order chi connectivity index (χ0) is 28.5. The number of benzene rings is 1. The largest absolute Gasteiger partial charge is 0.508 e. The molecule has 0 fully saturated rings. The topological polar surface area (TPSA) is 161 Å². The molecule has 0 bridgehead atoms. The third-order valence-corrected chi connectivity index (χ3v) is 8.44. The monoisotopic (exact) mass is 526 g/mol. The first-order valence-corrected chi connectivity index (χ1v) is 13.0. The summed E-state index contributed by atoms with van der Waals surface area (Å²) < 4.78 is 0. The molecule has 0 heterocycles. The van der Waals surface area contributed by atoms with Gasteiger partial charge in [0.15, 0.2) is 11.6 Å². The van der Waals surface area contributed by atoms with Gasteiger partial charge in [-0.15, -0.1) is 0 Å². The van der Waals surface area contributed by atoms with Crippen LogP contribution in [0.3, 0.4) is 0 Å². The second kappa shape index (κ2) is 9.32. The lowest BCUT2D eigenvalue weighted by Gasteiger charge is -2.52. The predicted molar refractivity (Wildman–Crippen MR) is 141 cm³/mol. The van der Waals surface area contributed by atoms with Crippen molar-refractivity contribution in [1.29, 1.82) is 0 Å². The summed E-state index contributed by atoms with van der Waals surface area (Å²) in [7, 11) is 3.11. The maximum Gasteiger partial charge on any atom is 0.255 e. The van der Waals surface area contributed by atoms with Crippen molar-refractivity contribution in [2.24, 2.45) is 23.0 Å². The number of nitrogens with two attached hydrogens (primary N) is 1. The molecule has 9 heteroatoms. The van der Waals surface area contributed by atoms with Gasteiger partial charge in [0.25, 0.3) is 5.91 Å². The number of aromatic hydroxyl groups is 1. The number of phenolic OH excluding ortho intramolecular Hbond substituents is 1. The number of rotatable bonds is 5. The molecule has 1 amide bonds. The van der Waals surface area contributed by atoms with Crippen LogP contribution < -0.4 is 5.73 Å². The number of hydrogen-bond donors (Lipinski definition) is 5. The van der Waals surface area contributed by atoms with Crippen molar-refractivity contribution >= 4 is 17.5 Å². The highest BCUT2D eigenvalue weighted by Gasteiger charge is 2.62. The molecule has 6 N–H and O–H groups in total. The summed E-state index contributed by atoms with van der Waals surface area (Å²) in [4.78, 5) is 40.6. The summed E-state index contributed by atoms with van der Waals surface area (Å²) >= 11 is 0. The van der Waals surface area contributed by atoms with E-state index in [1.807, 2.05) is 6.92 Å². The van der Waals surface area contributed by atoms with Crippen LogP contribution in [0.25, 0.3) is 0 Å². The number of phenols is 1. The van der Waals surface area contributed by atoms with Crippen molar-refractivity contribution in [3.63, 3.8) is 0 Å². The van der Waals surface area contributed by atoms with Crippen molar-refractivity contribution in [3.8, 4) is 5.75 Å². The van der Waals surface area contributed by atoms with Crippen LogP contribution in [-0.2, 0) is 16.0 Å². The number of amides is 1. The van der Waals surface area contributed by atoms with Gasteiger partial charge in [0.05, 0.1) is 17.7 Å². The number of aliphatic hydroxyl groups is 3. The first-order chi connectivity index (χ1) is 17.5. The lowest BCUT2D eigenvalue weighted by Crippen LogP contribution is -2.66. The summed E-state index contributed by atoms with van der Waals surface area (Å²) in [5, 5.41) is 45.5. The van der Waals surface area contributed by atoms with Crippen molar-refractivity contribution in [3.05, 3.63) is 51.8 Å². The van der Waals surface area contributed by atoms with Crippen molar-refractivity contribution in [2.75, 3.05) is 14.1 Å². The van der Waals surface area contributed by atoms with Gasteiger partial charge in [-0.2, -0.15) is 0 Å². The predicted octanol–water partition coefficient (Wildman–Crippen LogP) is 2.14. The molecule has 3 unspecified atom stereocenters. The van der Waals surface area contributed by atoms with Gasteiger partial charge in [0.1, 0.15) is 22.7 Å². The number of aliphatic hydroxyl groups excluding tert-OH is 2. The van der Waals surface area contributed by atoms with Crippen molar-refractivity contribution in [1.82, 2.24) is 4.90 Å². The normalized spacial score (nSPS) is 31.1. The molecule has 38 heavy (non-hydrogen) atoms. The highest BCUT2D eigenvalue weighted by Crippen LogP contribution is 2.54. The summed E-state index contributed by atoms with van der Waals surface area (Å²) in [5.74, 6) is -6.24. The Morgan fingerprint density at radius 3 is 2.34 bits per heavy atom. The summed E-state index contributed by atoms with van der Waals surface area (Å²) in [5.41, 5.74) is 3.68. The molecule has 6 atom stereocenters. The minimum Gasteiger partial charge on any atom is -0.508 e. The van der Waals surface area contributed by atoms with Gasteiger partial charge in [-0.3, -0.25) is 19.3 Å². The SMILES string of the molecule is C[C@H]1c2ccc(CCCC(C)(C)C)c(O)c2C(=O)C2=C[C@]3(O)C(O)=C(C(N)=O)C(=O)[C@@H](N(C)C)C3C(O)C21. The molecule has 1 aromatic rings. The lowest BCUT2D eigenvalue weighted by atomic mass is 9.56. The van der Waals surface area contributed by atoms with E-state index in [0.29, 0.717) is 17.5 Å². The van der Waals surface area contributed by atoms with Crippen LogP contribution in [0.15, 0.2) is 35.1 Å². The number of Topliss-reactive ketones (excluding diaryl/α,β-unsaturated/α-hetero) is 2. The third kappa shape index (κ3) is 4.17. The zero-order valence-electron chi connectivity index (χ0n) is 22.8. The van der Waals surface area contributed by atoms with Crippen molar-refractivity contribution < 1.29 is 34.8 Å². The van der Waals surface area contributed by atoms with E-state index in [4.69, 9.17) is 5.73 Å². The van der Waals surface area contributed by atoms with E-state index in [2.05, 4.69) is 20.8 Å². The second-order valence-electron chi connectivity index (χ2n) is 12.4. The van der Waals surface area contributed by atoms with E-state index < -0.39 is 64.3 Å². The summed E-state index contributed by atoms with van der Waals surface area (Å²) in [6.45, 7) is 8.22. The number of ketones is 2. The van der Waals surface area contributed by atoms with Crippen LogP contribution in [0.2, 0.25) is 0 Å². The number of primary amides is 1. The molecule has 9 nitrogen and oxygen atoms in total. The van der Waals surface area contributed by atoms with Crippen LogP contribution >= 0.6 is 0 Å². The highest BCUT2D eigenvalue weighted by atomic mass is 16.3. The molecule has 0 saturated carbocycles. The Morgan fingerprint density at radius 2 is 1.79 bits per heavy atom. The molecule has 1 aromatic carbocycles. The number of carbonyl (C=O) groups excluding carboxylic acids is 3. The molecule has 0 spiro atoms. The number of carbonyl (C=O) groups is 3. The Hall–Kier alpha value is -3.01. The van der Waals surface area contributed by atoms with Crippen molar-refractivity contribution in [2.45, 2.75) is 70.6 Å². The molecule has 0 aliphatic heterocycles. The summed E-state index contributed by atoms with van der Waals surface area (Å²) in [6, 6.07) is 2.42. The average Bonchev–Trinajstić information content (AvgIpc) is 2.78. The molecule has 0 saturated heterocycles. The van der Waals surface area contributed by atoms with Gasteiger partial charge >= 0.3 is 0 Å². The van der Waals surface area contributed by atoms with Gasteiger partial charge in [-0.05, 0) is 61.9 Å². The first-order valence-electron chi connectivity index (χ1n) is 13.0. The molecule has 3 aliphatic rings. The van der Waals surface area contributed by atoms with Gasteiger partial charge < -0.3 is 26.2 Å². The van der Waals surface area contributed by atoms with Gasteiger partial charge in [0, 0.05) is 17.4 Å². The van der Waals surface area contributed by atoms with Crippen LogP contribution in [0.4, 0.5) is 0 Å². The van der Waals surface area contributed by atoms with E-state index in [1.54, 1.807) is 26.2 Å². The molecular weight excluding hydrogens is 488 g/mol. The lowest BCUT2D eigenvalue weighted by molar-refractivity contribution is -0.143. The van der Waals surface area contributed by atoms with E-state index in [-0.39, 0.29) is 22.3 Å². The van der Waals surface area contributed by atoms with Crippen LogP contribution in [-0.4, -0.2) is 74.6 Å². The number of aryl methyl sites for hydroxylation is 1. The van der Waals surface area contributed by atoms with Gasteiger partial charge in [0.2, 0.25) is 0 Å². The molecule has 206 valence electrons. The Morgan fingerprint density at radius 1 is 1.16 bits per heavy atom. The Labute approximate surface area is 222 Å². The molecule has 0 radical (unpaired) electrons. The number of hydrogen-bond acceptors (Lipinski definition) is 8. The quantitative estimate of drug-likeness (QED) is 0.365. The Bertz CT molecular complexity index is 1270. The van der Waals surface area contributed by atoms with Crippen LogP contribution in [0.5, 0.6) is 5.75 Å². The van der Waals surface area contributed by atoms with Gasteiger partial charge in [-0.25, -0.2) is 0 Å². The van der Waals surface area contributed by atoms with Crippen LogP contribution in [0.1, 0.15) is 67.9 Å². The van der Waals surface area contributed by atoms with Crippen LogP contribution in [0, 0.1) is 17.3 Å². The number of likely N-dealkylation sites (N-methyl/N-ethyl adjacent to an activating group) is 1. The smallest absolute Gasteiger partial charge is 0.255 e. The third-order valence-electron chi connectivity index (χ3n) is 8.44. The molecule has 3 aliphatic carbocycles. The van der Waals surface area contributed by atoms with E-state index in [0.717, 1.165) is 18.9 Å². The standard InChI is InChI=1S/C29H38N2O7/c1-13-15-10-9-14(8-7-11-28(2,3)4)22(32)18(15)23(33)16-12-29(38)20(24(34)17(13)16)21(31(5)6)25(35)19(26(29)36)27(30)37/h9-10,12-13,17,20-21,24,32,34,36,38H,7-8,11H2,1-6H3,(H2,30,37)/t13-,17?,20?,21-,24?,29+/m0/s1. The van der Waals surface area contributed by atoms with E-state index in [1.165, 1.54) is 4.90 Å². The molecule has 0 aromatic heterocycles. The minimum atomic E-state index is -2.40. The number of fused-ring (bicyclic) bond motifs is 3. The minimum absolute atomic E-state index is 0.0145. The van der Waals surface area contributed by atoms with E-state index in [9.17, 15) is 34.8 Å².